The molecule has 0 aliphatic carbocycles. The zero-order valence-electron chi connectivity index (χ0n) is 14.4. The Hall–Kier alpha value is -2.39. The van der Waals surface area contributed by atoms with Gasteiger partial charge in [-0.1, -0.05) is 23.9 Å². The van der Waals surface area contributed by atoms with Crippen LogP contribution in [0, 0.1) is 0 Å². The van der Waals surface area contributed by atoms with Crippen LogP contribution in [0.1, 0.15) is 12.8 Å². The molecule has 1 unspecified atom stereocenters. The van der Waals surface area contributed by atoms with E-state index in [0.29, 0.717) is 29.2 Å². The van der Waals surface area contributed by atoms with Crippen molar-refractivity contribution in [2.24, 2.45) is 0 Å². The van der Waals surface area contributed by atoms with Crippen molar-refractivity contribution in [2.75, 3.05) is 19.4 Å². The first kappa shape index (κ1) is 18.4. The maximum absolute atomic E-state index is 12.9. The summed E-state index contributed by atoms with van der Waals surface area (Å²) in [4.78, 5) is 40.5. The van der Waals surface area contributed by atoms with Crippen LogP contribution < -0.4 is 16.2 Å². The number of hydrogen-bond donors (Lipinski definition) is 2. The van der Waals surface area contributed by atoms with Crippen LogP contribution in [0.4, 0.5) is 4.79 Å². The van der Waals surface area contributed by atoms with E-state index in [-0.39, 0.29) is 17.4 Å². The van der Waals surface area contributed by atoms with Crippen molar-refractivity contribution in [3.05, 3.63) is 34.6 Å². The van der Waals surface area contributed by atoms with Crippen molar-refractivity contribution in [1.29, 1.82) is 0 Å². The summed E-state index contributed by atoms with van der Waals surface area (Å²) in [6.07, 6.45) is 1.83. The van der Waals surface area contributed by atoms with Gasteiger partial charge in [-0.05, 0) is 25.0 Å². The summed E-state index contributed by atoms with van der Waals surface area (Å²) in [5, 5.41) is 5.49. The Morgan fingerprint density at radius 1 is 1.38 bits per heavy atom. The first-order chi connectivity index (χ1) is 12.6. The predicted molar refractivity (Wildman–Crippen MR) is 98.3 cm³/mol. The SMILES string of the molecule is CNC(=O)NC(=O)CSc1nc2ccccc2c(=O)n1CC1CCCO1. The third kappa shape index (κ3) is 4.23. The Morgan fingerprint density at radius 3 is 2.92 bits per heavy atom. The Labute approximate surface area is 154 Å². The van der Waals surface area contributed by atoms with E-state index in [1.807, 2.05) is 6.07 Å². The smallest absolute Gasteiger partial charge is 0.321 e. The van der Waals surface area contributed by atoms with Gasteiger partial charge in [0.25, 0.3) is 5.56 Å². The van der Waals surface area contributed by atoms with Crippen molar-refractivity contribution < 1.29 is 14.3 Å². The molecule has 138 valence electrons. The van der Waals surface area contributed by atoms with Gasteiger partial charge in [-0.25, -0.2) is 9.78 Å². The number of thioether (sulfide) groups is 1. The lowest BCUT2D eigenvalue weighted by Crippen LogP contribution is -2.38. The molecule has 2 N–H and O–H groups in total. The summed E-state index contributed by atoms with van der Waals surface area (Å²) >= 11 is 1.12. The third-order valence-electron chi connectivity index (χ3n) is 4.05. The second-order valence-corrected chi connectivity index (χ2v) is 6.82. The number of amides is 3. The molecule has 1 aliphatic rings. The zero-order chi connectivity index (χ0) is 18.5. The molecule has 0 radical (unpaired) electrons. The second kappa shape index (κ2) is 8.33. The standard InChI is InChI=1S/C17H20N4O4S/c1-18-16(24)20-14(22)10-26-17-19-13-7-3-2-6-12(13)15(23)21(17)9-11-5-4-8-25-11/h2-3,6-7,11H,4-5,8-10H2,1H3,(H2,18,20,22,24). The third-order valence-corrected chi connectivity index (χ3v) is 5.03. The van der Waals surface area contributed by atoms with Gasteiger partial charge >= 0.3 is 6.03 Å². The molecule has 0 saturated carbocycles. The summed E-state index contributed by atoms with van der Waals surface area (Å²) in [6, 6.07) is 6.54. The van der Waals surface area contributed by atoms with E-state index in [1.54, 1.807) is 22.8 Å². The molecule has 3 rings (SSSR count). The lowest BCUT2D eigenvalue weighted by Gasteiger charge is -2.16. The lowest BCUT2D eigenvalue weighted by molar-refractivity contribution is -0.117. The van der Waals surface area contributed by atoms with Crippen LogP contribution in [0.2, 0.25) is 0 Å². The minimum Gasteiger partial charge on any atom is -0.376 e. The highest BCUT2D eigenvalue weighted by Gasteiger charge is 2.20. The van der Waals surface area contributed by atoms with E-state index in [0.717, 1.165) is 24.6 Å². The normalized spacial score (nSPS) is 16.6. The fraction of sp³-hybridized carbons (Fsp3) is 0.412. The first-order valence-electron chi connectivity index (χ1n) is 8.34. The molecule has 2 aromatic rings. The number of rotatable bonds is 5. The van der Waals surface area contributed by atoms with Crippen molar-refractivity contribution >= 4 is 34.6 Å². The molecule has 0 bridgehead atoms. The lowest BCUT2D eigenvalue weighted by atomic mass is 10.2. The van der Waals surface area contributed by atoms with Crippen LogP contribution in [-0.2, 0) is 16.1 Å². The number of urea groups is 1. The fourth-order valence-corrected chi connectivity index (χ4v) is 3.57. The summed E-state index contributed by atoms with van der Waals surface area (Å²) in [6.45, 7) is 1.09. The number of benzene rings is 1. The van der Waals surface area contributed by atoms with E-state index in [1.165, 1.54) is 7.05 Å². The summed E-state index contributed by atoms with van der Waals surface area (Å²) in [5.74, 6) is -0.482. The molecule has 1 aliphatic heterocycles. The minimum absolute atomic E-state index is 0.0241. The van der Waals surface area contributed by atoms with Gasteiger partial charge in [0.05, 0.1) is 29.3 Å². The van der Waals surface area contributed by atoms with Crippen LogP contribution in [0.25, 0.3) is 10.9 Å². The van der Waals surface area contributed by atoms with E-state index in [4.69, 9.17) is 4.74 Å². The van der Waals surface area contributed by atoms with E-state index >= 15 is 0 Å². The Morgan fingerprint density at radius 2 is 2.19 bits per heavy atom. The Kier molecular flexibility index (Phi) is 5.89. The van der Waals surface area contributed by atoms with Gasteiger partial charge in [-0.3, -0.25) is 19.5 Å². The number of para-hydroxylation sites is 1. The van der Waals surface area contributed by atoms with Crippen LogP contribution >= 0.6 is 11.8 Å². The molecule has 9 heteroatoms. The molecule has 3 amide bonds. The number of imide groups is 1. The highest BCUT2D eigenvalue weighted by Crippen LogP contribution is 2.20. The molecule has 26 heavy (non-hydrogen) atoms. The number of ether oxygens (including phenoxy) is 1. The monoisotopic (exact) mass is 376 g/mol. The topological polar surface area (TPSA) is 102 Å². The second-order valence-electron chi connectivity index (χ2n) is 5.88. The van der Waals surface area contributed by atoms with E-state index in [2.05, 4.69) is 15.6 Å². The highest BCUT2D eigenvalue weighted by atomic mass is 32.2. The predicted octanol–water partition coefficient (Wildman–Crippen LogP) is 1.12. The Bertz CT molecular complexity index is 877. The minimum atomic E-state index is -0.571. The van der Waals surface area contributed by atoms with Gasteiger partial charge in [0, 0.05) is 13.7 Å². The van der Waals surface area contributed by atoms with Gasteiger partial charge in [-0.15, -0.1) is 0 Å². The number of hydrogen-bond acceptors (Lipinski definition) is 6. The molecule has 1 fully saturated rings. The molecule has 2 heterocycles. The van der Waals surface area contributed by atoms with Crippen molar-refractivity contribution in [2.45, 2.75) is 30.6 Å². The molecule has 1 saturated heterocycles. The average molecular weight is 376 g/mol. The highest BCUT2D eigenvalue weighted by molar-refractivity contribution is 7.99. The fourth-order valence-electron chi connectivity index (χ4n) is 2.77. The number of nitrogens with zero attached hydrogens (tertiary/aromatic N) is 2. The van der Waals surface area contributed by atoms with E-state index < -0.39 is 11.9 Å². The molecule has 1 atom stereocenters. The van der Waals surface area contributed by atoms with Crippen LogP contribution in [0.5, 0.6) is 0 Å². The Balaban J connectivity index is 1.87. The molecule has 1 aromatic heterocycles. The van der Waals surface area contributed by atoms with Crippen LogP contribution in [0.3, 0.4) is 0 Å². The first-order valence-corrected chi connectivity index (χ1v) is 9.32. The quantitative estimate of drug-likeness (QED) is 0.599. The van der Waals surface area contributed by atoms with Crippen molar-refractivity contribution in [3.8, 4) is 0 Å². The van der Waals surface area contributed by atoms with Gasteiger partial charge in [0.15, 0.2) is 5.16 Å². The molecule has 8 nitrogen and oxygen atoms in total. The summed E-state index contributed by atoms with van der Waals surface area (Å²) < 4.78 is 7.21. The molecule has 0 spiro atoms. The van der Waals surface area contributed by atoms with E-state index in [9.17, 15) is 14.4 Å². The molecular weight excluding hydrogens is 356 g/mol. The number of aromatic nitrogens is 2. The summed E-state index contributed by atoms with van der Waals surface area (Å²) in [7, 11) is 1.43. The largest absolute Gasteiger partial charge is 0.376 e. The number of carbonyl (C=O) groups is 2. The summed E-state index contributed by atoms with van der Waals surface area (Å²) in [5.41, 5.74) is 0.426. The van der Waals surface area contributed by atoms with Gasteiger partial charge in [0.1, 0.15) is 0 Å². The maximum Gasteiger partial charge on any atom is 0.321 e. The van der Waals surface area contributed by atoms with Crippen LogP contribution in [-0.4, -0.2) is 47.0 Å². The number of carbonyl (C=O) groups excluding carboxylic acids is 2. The number of fused-ring (bicyclic) bond motifs is 1. The van der Waals surface area contributed by atoms with Gasteiger partial charge in [0.2, 0.25) is 5.91 Å². The molecule has 1 aromatic carbocycles. The van der Waals surface area contributed by atoms with Crippen molar-refractivity contribution in [1.82, 2.24) is 20.2 Å². The van der Waals surface area contributed by atoms with Crippen LogP contribution in [0.15, 0.2) is 34.2 Å². The zero-order valence-corrected chi connectivity index (χ0v) is 15.2. The number of nitrogens with one attached hydrogen (secondary N) is 2. The van der Waals surface area contributed by atoms with Crippen molar-refractivity contribution in [3.63, 3.8) is 0 Å². The maximum atomic E-state index is 12.9. The average Bonchev–Trinajstić information content (AvgIpc) is 3.15. The van der Waals surface area contributed by atoms with Gasteiger partial charge < -0.3 is 10.1 Å². The van der Waals surface area contributed by atoms with Gasteiger partial charge in [-0.2, -0.15) is 0 Å². The molecular formula is C17H20N4O4S.